The standard InChI is InChI=1S/C16H23N5/c1-11-12(7-6-8-13(11)17)15-18-19-20-21(15)14-9-4-5-10-16(14,2)3/h6-8,14H,4-5,9-10,17H2,1-3H3. The first kappa shape index (κ1) is 14.0. The second-order valence-corrected chi connectivity index (χ2v) is 6.72. The van der Waals surface area contributed by atoms with E-state index >= 15 is 0 Å². The molecule has 1 aliphatic rings. The molecule has 1 heterocycles. The van der Waals surface area contributed by atoms with Crippen molar-refractivity contribution in [3.8, 4) is 11.4 Å². The fourth-order valence-electron chi connectivity index (χ4n) is 3.41. The summed E-state index contributed by atoms with van der Waals surface area (Å²) in [5.74, 6) is 0.833. The number of nitrogens with two attached hydrogens (primary N) is 1. The lowest BCUT2D eigenvalue weighted by Crippen LogP contribution is -2.31. The van der Waals surface area contributed by atoms with Gasteiger partial charge < -0.3 is 5.73 Å². The average Bonchev–Trinajstić information content (AvgIpc) is 2.90. The maximum Gasteiger partial charge on any atom is 0.182 e. The minimum atomic E-state index is 0.219. The maximum absolute atomic E-state index is 6.03. The van der Waals surface area contributed by atoms with Gasteiger partial charge >= 0.3 is 0 Å². The van der Waals surface area contributed by atoms with Gasteiger partial charge in [0.05, 0.1) is 6.04 Å². The Morgan fingerprint density at radius 2 is 2.10 bits per heavy atom. The SMILES string of the molecule is Cc1c(N)cccc1-c1nnnn1C1CCCCC1(C)C. The molecule has 3 rings (SSSR count). The molecule has 21 heavy (non-hydrogen) atoms. The molecule has 2 aromatic rings. The van der Waals surface area contributed by atoms with Gasteiger partial charge in [-0.25, -0.2) is 4.68 Å². The normalized spacial score (nSPS) is 21.4. The highest BCUT2D eigenvalue weighted by molar-refractivity contribution is 5.67. The van der Waals surface area contributed by atoms with Gasteiger partial charge in [-0.3, -0.25) is 0 Å². The fraction of sp³-hybridized carbons (Fsp3) is 0.562. The molecule has 1 fully saturated rings. The quantitative estimate of drug-likeness (QED) is 0.859. The fourth-order valence-corrected chi connectivity index (χ4v) is 3.41. The number of benzene rings is 1. The lowest BCUT2D eigenvalue weighted by atomic mass is 9.73. The van der Waals surface area contributed by atoms with E-state index in [2.05, 4.69) is 29.4 Å². The van der Waals surface area contributed by atoms with Gasteiger partial charge in [-0.15, -0.1) is 5.10 Å². The van der Waals surface area contributed by atoms with E-state index in [4.69, 9.17) is 5.73 Å². The molecule has 112 valence electrons. The highest BCUT2D eigenvalue weighted by Crippen LogP contribution is 2.44. The van der Waals surface area contributed by atoms with E-state index < -0.39 is 0 Å². The van der Waals surface area contributed by atoms with Gasteiger partial charge in [0.2, 0.25) is 0 Å². The number of nitrogen functional groups attached to an aromatic ring is 1. The molecule has 0 amide bonds. The highest BCUT2D eigenvalue weighted by atomic mass is 15.6. The maximum atomic E-state index is 6.03. The van der Waals surface area contributed by atoms with Gasteiger partial charge in [0.15, 0.2) is 5.82 Å². The van der Waals surface area contributed by atoms with E-state index in [1.54, 1.807) is 0 Å². The van der Waals surface area contributed by atoms with Crippen molar-refractivity contribution in [1.29, 1.82) is 0 Å². The van der Waals surface area contributed by atoms with Crippen molar-refractivity contribution in [2.24, 2.45) is 5.41 Å². The van der Waals surface area contributed by atoms with E-state index in [9.17, 15) is 0 Å². The van der Waals surface area contributed by atoms with E-state index in [0.29, 0.717) is 6.04 Å². The van der Waals surface area contributed by atoms with Crippen LogP contribution in [-0.2, 0) is 0 Å². The van der Waals surface area contributed by atoms with Gasteiger partial charge in [-0.1, -0.05) is 38.8 Å². The number of tetrazole rings is 1. The van der Waals surface area contributed by atoms with Gasteiger partial charge in [0, 0.05) is 11.3 Å². The first-order chi connectivity index (χ1) is 10.0. The topological polar surface area (TPSA) is 69.6 Å². The third-order valence-corrected chi connectivity index (χ3v) is 4.86. The molecule has 5 heteroatoms. The molecule has 0 bridgehead atoms. The molecule has 1 atom stereocenters. The van der Waals surface area contributed by atoms with Crippen molar-refractivity contribution in [1.82, 2.24) is 20.2 Å². The molecular weight excluding hydrogens is 262 g/mol. The highest BCUT2D eigenvalue weighted by Gasteiger charge is 2.36. The van der Waals surface area contributed by atoms with Crippen LogP contribution in [0.15, 0.2) is 18.2 Å². The molecule has 2 N–H and O–H groups in total. The van der Waals surface area contributed by atoms with Crippen LogP contribution in [0.5, 0.6) is 0 Å². The van der Waals surface area contributed by atoms with Crippen molar-refractivity contribution < 1.29 is 0 Å². The smallest absolute Gasteiger partial charge is 0.182 e. The zero-order valence-electron chi connectivity index (χ0n) is 13.0. The van der Waals surface area contributed by atoms with Crippen LogP contribution < -0.4 is 5.73 Å². The van der Waals surface area contributed by atoms with Gasteiger partial charge in [-0.2, -0.15) is 0 Å². The Kier molecular flexibility index (Phi) is 3.43. The Balaban J connectivity index is 2.07. The first-order valence-corrected chi connectivity index (χ1v) is 7.64. The van der Waals surface area contributed by atoms with Crippen molar-refractivity contribution in [2.75, 3.05) is 5.73 Å². The largest absolute Gasteiger partial charge is 0.398 e. The van der Waals surface area contributed by atoms with E-state index in [1.165, 1.54) is 19.3 Å². The van der Waals surface area contributed by atoms with Crippen LogP contribution in [0.25, 0.3) is 11.4 Å². The molecule has 0 spiro atoms. The number of hydrogen-bond acceptors (Lipinski definition) is 4. The van der Waals surface area contributed by atoms with Gasteiger partial charge in [0.1, 0.15) is 0 Å². The molecule has 1 unspecified atom stereocenters. The van der Waals surface area contributed by atoms with Crippen LogP contribution in [0.3, 0.4) is 0 Å². The summed E-state index contributed by atoms with van der Waals surface area (Å²) in [6.45, 7) is 6.65. The van der Waals surface area contributed by atoms with E-state index in [-0.39, 0.29) is 5.41 Å². The summed E-state index contributed by atoms with van der Waals surface area (Å²) in [6.07, 6.45) is 4.88. The number of anilines is 1. The summed E-state index contributed by atoms with van der Waals surface area (Å²) in [5.41, 5.74) is 9.10. The Bertz CT molecular complexity index is 644. The van der Waals surface area contributed by atoms with E-state index in [0.717, 1.165) is 29.1 Å². The van der Waals surface area contributed by atoms with E-state index in [1.807, 2.05) is 29.8 Å². The Morgan fingerprint density at radius 1 is 1.29 bits per heavy atom. The molecule has 1 saturated carbocycles. The molecule has 5 nitrogen and oxygen atoms in total. The molecule has 1 aromatic heterocycles. The molecule has 1 aliphatic carbocycles. The second kappa shape index (κ2) is 5.13. The van der Waals surface area contributed by atoms with Crippen molar-refractivity contribution in [3.63, 3.8) is 0 Å². The summed E-state index contributed by atoms with van der Waals surface area (Å²) in [5, 5.41) is 12.5. The third-order valence-electron chi connectivity index (χ3n) is 4.86. The zero-order valence-corrected chi connectivity index (χ0v) is 13.0. The van der Waals surface area contributed by atoms with Crippen molar-refractivity contribution in [2.45, 2.75) is 52.5 Å². The van der Waals surface area contributed by atoms with Crippen LogP contribution in [-0.4, -0.2) is 20.2 Å². The number of hydrogen-bond donors (Lipinski definition) is 1. The molecule has 0 aliphatic heterocycles. The number of rotatable bonds is 2. The number of aromatic nitrogens is 4. The Morgan fingerprint density at radius 3 is 2.86 bits per heavy atom. The summed E-state index contributed by atoms with van der Waals surface area (Å²) >= 11 is 0. The van der Waals surface area contributed by atoms with Crippen LogP contribution in [0.2, 0.25) is 0 Å². The van der Waals surface area contributed by atoms with Crippen molar-refractivity contribution in [3.05, 3.63) is 23.8 Å². The number of nitrogens with zero attached hydrogens (tertiary/aromatic N) is 4. The molecule has 1 aromatic carbocycles. The molecule has 0 saturated heterocycles. The monoisotopic (exact) mass is 285 g/mol. The zero-order chi connectivity index (χ0) is 15.0. The predicted molar refractivity (Wildman–Crippen MR) is 83.7 cm³/mol. The summed E-state index contributed by atoms with van der Waals surface area (Å²) < 4.78 is 2.01. The second-order valence-electron chi connectivity index (χ2n) is 6.72. The molecule has 0 radical (unpaired) electrons. The Hall–Kier alpha value is -1.91. The summed E-state index contributed by atoms with van der Waals surface area (Å²) in [7, 11) is 0. The minimum Gasteiger partial charge on any atom is -0.398 e. The van der Waals surface area contributed by atoms with Crippen molar-refractivity contribution >= 4 is 5.69 Å². The summed E-state index contributed by atoms with van der Waals surface area (Å²) in [6, 6.07) is 6.27. The first-order valence-electron chi connectivity index (χ1n) is 7.64. The average molecular weight is 285 g/mol. The lowest BCUT2D eigenvalue weighted by molar-refractivity contribution is 0.132. The van der Waals surface area contributed by atoms with Crippen LogP contribution in [0.4, 0.5) is 5.69 Å². The lowest BCUT2D eigenvalue weighted by Gasteiger charge is -2.38. The molecular formula is C16H23N5. The van der Waals surface area contributed by atoms with Gasteiger partial charge in [0.25, 0.3) is 0 Å². The van der Waals surface area contributed by atoms with Gasteiger partial charge in [-0.05, 0) is 47.2 Å². The Labute approximate surface area is 125 Å². The van der Waals surface area contributed by atoms with Crippen LogP contribution in [0, 0.1) is 12.3 Å². The summed E-state index contributed by atoms with van der Waals surface area (Å²) in [4.78, 5) is 0. The minimum absolute atomic E-state index is 0.219. The predicted octanol–water partition coefficient (Wildman–Crippen LogP) is 3.37. The van der Waals surface area contributed by atoms with Crippen LogP contribution in [0.1, 0.15) is 51.1 Å². The third kappa shape index (κ3) is 2.41. The van der Waals surface area contributed by atoms with Crippen LogP contribution >= 0.6 is 0 Å².